The topological polar surface area (TPSA) is 193 Å². The number of rotatable bonds is 8. The van der Waals surface area contributed by atoms with Gasteiger partial charge in [-0.15, -0.1) is 0 Å². The van der Waals surface area contributed by atoms with Gasteiger partial charge >= 0.3 is 15.9 Å². The summed E-state index contributed by atoms with van der Waals surface area (Å²) in [6.07, 6.45) is 2.90. The molecule has 4 aromatic rings. The number of halogens is 1. The zero-order valence-electron chi connectivity index (χ0n) is 30.4. The number of hydrogen-bond donors (Lipinski definition) is 3. The summed E-state index contributed by atoms with van der Waals surface area (Å²) in [6, 6.07) is 11.1. The molecule has 4 saturated heterocycles. The predicted molar refractivity (Wildman–Crippen MR) is 200 cm³/mol. The lowest BCUT2D eigenvalue weighted by atomic mass is 9.89. The number of phenolic OH excluding ortho intramolecular Hbond substituents is 1. The lowest BCUT2D eigenvalue weighted by molar-refractivity contribution is -0.142. The van der Waals surface area contributed by atoms with Crippen molar-refractivity contribution in [1.29, 1.82) is 0 Å². The molecule has 0 spiro atoms. The van der Waals surface area contributed by atoms with Crippen molar-refractivity contribution in [3.8, 4) is 11.5 Å². The summed E-state index contributed by atoms with van der Waals surface area (Å²) < 4.78 is 51.7. The molecule has 3 atom stereocenters. The average Bonchev–Trinajstić information content (AvgIpc) is 3.79. The molecule has 3 aromatic carbocycles. The van der Waals surface area contributed by atoms with Crippen LogP contribution in [-0.2, 0) is 36.4 Å². The van der Waals surface area contributed by atoms with Gasteiger partial charge in [-0.1, -0.05) is 12.1 Å². The Balaban J connectivity index is 0.766. The van der Waals surface area contributed by atoms with E-state index in [1.165, 1.54) is 16.7 Å². The van der Waals surface area contributed by atoms with Crippen LogP contribution >= 0.6 is 0 Å². The van der Waals surface area contributed by atoms with Crippen molar-refractivity contribution in [2.24, 2.45) is 18.9 Å². The van der Waals surface area contributed by atoms with Crippen molar-refractivity contribution in [2.75, 3.05) is 43.6 Å². The minimum absolute atomic E-state index is 0.0108. The number of imide groups is 1. The number of imidazole rings is 1. The second-order valence-corrected chi connectivity index (χ2v) is 17.2. The molecule has 1 aliphatic carbocycles. The van der Waals surface area contributed by atoms with Crippen LogP contribution in [0.1, 0.15) is 49.6 Å². The van der Waals surface area contributed by atoms with Gasteiger partial charge in [0.1, 0.15) is 35.9 Å². The Labute approximate surface area is 319 Å². The van der Waals surface area contributed by atoms with E-state index in [4.69, 9.17) is 4.74 Å². The molecule has 5 aliphatic rings. The molecule has 5 heterocycles. The van der Waals surface area contributed by atoms with E-state index < -0.39 is 51.9 Å². The van der Waals surface area contributed by atoms with Crippen LogP contribution in [0.5, 0.6) is 11.5 Å². The first-order chi connectivity index (χ1) is 26.8. The van der Waals surface area contributed by atoms with Crippen molar-refractivity contribution in [2.45, 2.75) is 50.2 Å². The Morgan fingerprint density at radius 3 is 2.46 bits per heavy atom. The zero-order valence-corrected chi connectivity index (χ0v) is 31.3. The number of ether oxygens (including phenoxy) is 1. The second kappa shape index (κ2) is 13.3. The van der Waals surface area contributed by atoms with Gasteiger partial charge in [0.2, 0.25) is 17.7 Å². The number of aromatic nitrogens is 2. The highest BCUT2D eigenvalue weighted by atomic mass is 32.2. The Hall–Kier alpha value is -5.49. The van der Waals surface area contributed by atoms with Gasteiger partial charge in [0.25, 0.3) is 5.91 Å². The van der Waals surface area contributed by atoms with E-state index in [2.05, 4.69) is 10.2 Å². The molecule has 294 valence electrons. The number of nitrogens with zero attached hydrogens (tertiary/aromatic N) is 5. The van der Waals surface area contributed by atoms with E-state index >= 15 is 4.39 Å². The first-order valence-electron chi connectivity index (χ1n) is 18.8. The first kappa shape index (κ1) is 36.2. The average molecular weight is 790 g/mol. The van der Waals surface area contributed by atoms with Crippen LogP contribution in [0.4, 0.5) is 10.1 Å². The highest BCUT2D eigenvalue weighted by molar-refractivity contribution is 7.92. The largest absolute Gasteiger partial charge is 0.506 e. The molecule has 5 fully saturated rings. The quantitative estimate of drug-likeness (QED) is 0.221. The molecule has 4 amide bonds. The Kier molecular flexibility index (Phi) is 8.61. The van der Waals surface area contributed by atoms with Gasteiger partial charge < -0.3 is 19.6 Å². The number of carbonyl (C=O) groups is 4. The maximum atomic E-state index is 15.6. The number of aromatic hydroxyl groups is 1. The number of aryl methyl sites for hydroxylation is 1. The van der Waals surface area contributed by atoms with Gasteiger partial charge in [-0.3, -0.25) is 33.6 Å². The van der Waals surface area contributed by atoms with Gasteiger partial charge in [-0.05, 0) is 91.9 Å². The van der Waals surface area contributed by atoms with Crippen LogP contribution in [0.15, 0.2) is 47.3 Å². The van der Waals surface area contributed by atoms with Crippen LogP contribution < -0.4 is 24.8 Å². The van der Waals surface area contributed by atoms with Gasteiger partial charge in [0.15, 0.2) is 5.82 Å². The Morgan fingerprint density at radius 1 is 0.982 bits per heavy atom. The number of likely N-dealkylation sites (tertiary alicyclic amines) is 2. The third-order valence-electron chi connectivity index (χ3n) is 12.0. The Morgan fingerprint density at radius 2 is 1.75 bits per heavy atom. The normalized spacial score (nSPS) is 24.4. The fraction of sp³-hybridized carbons (Fsp3) is 0.447. The third kappa shape index (κ3) is 6.24. The van der Waals surface area contributed by atoms with E-state index in [0.717, 1.165) is 50.0 Å². The third-order valence-corrected chi connectivity index (χ3v) is 13.3. The summed E-state index contributed by atoms with van der Waals surface area (Å²) in [4.78, 5) is 66.6. The molecule has 3 N–H and O–H groups in total. The summed E-state index contributed by atoms with van der Waals surface area (Å²) in [7, 11) is -2.64. The number of hydrogen-bond acceptors (Lipinski definition) is 10. The van der Waals surface area contributed by atoms with Crippen molar-refractivity contribution in [1.82, 2.24) is 29.0 Å². The summed E-state index contributed by atoms with van der Waals surface area (Å²) in [5.41, 5.74) is 1.68. The molecule has 4 aliphatic heterocycles. The summed E-state index contributed by atoms with van der Waals surface area (Å²) in [6.45, 7) is 2.76. The van der Waals surface area contributed by atoms with Crippen molar-refractivity contribution < 1.29 is 41.8 Å². The van der Waals surface area contributed by atoms with Crippen molar-refractivity contribution in [3.05, 3.63) is 64.3 Å². The van der Waals surface area contributed by atoms with Gasteiger partial charge in [0, 0.05) is 31.3 Å². The van der Waals surface area contributed by atoms with E-state index in [0.29, 0.717) is 40.0 Å². The minimum atomic E-state index is -4.34. The fourth-order valence-corrected chi connectivity index (χ4v) is 9.94. The monoisotopic (exact) mass is 789 g/mol. The van der Waals surface area contributed by atoms with E-state index in [1.54, 1.807) is 33.4 Å². The molecule has 9 rings (SSSR count). The molecule has 1 aromatic heterocycles. The van der Waals surface area contributed by atoms with E-state index in [9.17, 15) is 37.5 Å². The summed E-state index contributed by atoms with van der Waals surface area (Å²) in [5.74, 6) is -2.24. The van der Waals surface area contributed by atoms with E-state index in [1.807, 2.05) is 18.2 Å². The second-order valence-electron chi connectivity index (χ2n) is 15.6. The molecule has 0 bridgehead atoms. The predicted octanol–water partition coefficient (Wildman–Crippen LogP) is 1.60. The zero-order chi connectivity index (χ0) is 39.2. The molecule has 18 heteroatoms. The molecular weight excluding hydrogens is 750 g/mol. The molecule has 3 unspecified atom stereocenters. The van der Waals surface area contributed by atoms with Gasteiger partial charge in [-0.25, -0.2) is 18.2 Å². The van der Waals surface area contributed by atoms with E-state index in [-0.39, 0.29) is 53.7 Å². The molecule has 16 nitrogen and oxygen atoms in total. The summed E-state index contributed by atoms with van der Waals surface area (Å²) in [5, 5.41) is 13.1. The number of amides is 4. The fourth-order valence-electron chi connectivity index (χ4n) is 8.78. The lowest BCUT2D eigenvalue weighted by Crippen LogP contribution is -2.56. The highest BCUT2D eigenvalue weighted by Gasteiger charge is 2.48. The maximum Gasteiger partial charge on any atom is 0.329 e. The van der Waals surface area contributed by atoms with Crippen LogP contribution in [-0.4, -0.2) is 101 Å². The number of carbonyl (C=O) groups excluding carboxylic acids is 4. The minimum Gasteiger partial charge on any atom is -0.506 e. The number of fused-ring (bicyclic) bond motifs is 2. The van der Waals surface area contributed by atoms with Gasteiger partial charge in [-0.2, -0.15) is 8.42 Å². The first-order valence-corrected chi connectivity index (χ1v) is 20.2. The maximum absolute atomic E-state index is 15.6. The van der Waals surface area contributed by atoms with Crippen molar-refractivity contribution >= 4 is 61.3 Å². The smallest absolute Gasteiger partial charge is 0.329 e. The number of phenols is 1. The Bertz CT molecular complexity index is 2520. The molecule has 56 heavy (non-hydrogen) atoms. The number of nitrogens with one attached hydrogen (secondary N) is 2. The number of anilines is 1. The molecule has 0 radical (unpaired) electrons. The number of piperidine rings is 2. The van der Waals surface area contributed by atoms with Crippen LogP contribution in [0.25, 0.3) is 21.8 Å². The standard InChI is InChI=1S/C38H40FN7O9S/c1-42-30-13-21(3-5-28(30)46(38(42)52)29-6-7-32(48)40-36(29)50)20-8-10-43(11-9-20)16-23-12-27(23)37(51)44-17-25(18-44)55-24-4-2-22-14-31(47)35(34(39)26(22)15-24)45-19-33(49)41-56(45,53)54/h2-5,13-15,20,23,25,27,29,47H,6-12,16-19H2,1H3,(H,41,49)(H,40,48,50). The molecular formula is C38H40FN7O9S. The SMILES string of the molecule is Cn1c(=O)n(C2CCC(=O)NC2=O)c2ccc(C3CCN(CC4CC4C(=O)N4CC(Oc5ccc6cc(O)c(N7CC(=O)NS7(=O)=O)c(F)c6c5)C4)CC3)cc21. The lowest BCUT2D eigenvalue weighted by Gasteiger charge is -2.39. The number of benzene rings is 3. The highest BCUT2D eigenvalue weighted by Crippen LogP contribution is 2.43. The van der Waals surface area contributed by atoms with Crippen LogP contribution in [0.2, 0.25) is 0 Å². The van der Waals surface area contributed by atoms with Crippen molar-refractivity contribution in [3.63, 3.8) is 0 Å². The van der Waals surface area contributed by atoms with Crippen LogP contribution in [0.3, 0.4) is 0 Å². The van der Waals surface area contributed by atoms with Crippen LogP contribution in [0, 0.1) is 17.7 Å². The molecule has 1 saturated carbocycles. The summed E-state index contributed by atoms with van der Waals surface area (Å²) >= 11 is 0. The van der Waals surface area contributed by atoms with Gasteiger partial charge in [0.05, 0.1) is 24.1 Å².